The Morgan fingerprint density at radius 2 is 1.86 bits per heavy atom. The zero-order valence-electron chi connectivity index (χ0n) is 10.1. The molecule has 14 heavy (non-hydrogen) atoms. The average Bonchev–Trinajstić information content (AvgIpc) is 2.18. The smallest absolute Gasteiger partial charge is 0.0480 e. The lowest BCUT2D eigenvalue weighted by atomic mass is 10.1. The molecule has 0 aliphatic heterocycles. The number of unbranched alkanes of at least 4 members (excludes halogenated alkanes) is 2. The summed E-state index contributed by atoms with van der Waals surface area (Å²) in [6, 6.07) is 0.665. The molecule has 0 bridgehead atoms. The van der Waals surface area contributed by atoms with Crippen molar-refractivity contribution in [1.82, 2.24) is 5.32 Å². The third-order valence-electron chi connectivity index (χ3n) is 2.46. The van der Waals surface area contributed by atoms with Crippen LogP contribution in [0.15, 0.2) is 0 Å². The van der Waals surface area contributed by atoms with Gasteiger partial charge in [0, 0.05) is 19.3 Å². The second-order valence-electron chi connectivity index (χ2n) is 3.74. The van der Waals surface area contributed by atoms with E-state index in [9.17, 15) is 0 Å². The van der Waals surface area contributed by atoms with Crippen molar-refractivity contribution in [2.24, 2.45) is 0 Å². The van der Waals surface area contributed by atoms with Crippen molar-refractivity contribution < 1.29 is 4.74 Å². The molecule has 0 saturated heterocycles. The summed E-state index contributed by atoms with van der Waals surface area (Å²) in [5.41, 5.74) is 0. The molecule has 0 aromatic heterocycles. The molecule has 0 radical (unpaired) electrons. The Morgan fingerprint density at radius 1 is 1.07 bits per heavy atom. The Morgan fingerprint density at radius 3 is 2.43 bits per heavy atom. The van der Waals surface area contributed by atoms with E-state index in [1.165, 1.54) is 25.7 Å². The lowest BCUT2D eigenvalue weighted by Gasteiger charge is -2.17. The second-order valence-corrected chi connectivity index (χ2v) is 3.74. The predicted molar refractivity (Wildman–Crippen MR) is 62.7 cm³/mol. The van der Waals surface area contributed by atoms with Gasteiger partial charge in [0.1, 0.15) is 0 Å². The molecule has 0 saturated carbocycles. The number of nitrogens with one attached hydrogen (secondary N) is 1. The monoisotopic (exact) mass is 201 g/mol. The van der Waals surface area contributed by atoms with E-state index >= 15 is 0 Å². The largest absolute Gasteiger partial charge is 0.382 e. The Balaban J connectivity index is 3.44. The highest BCUT2D eigenvalue weighted by Crippen LogP contribution is 2.06. The Hall–Kier alpha value is -0.0800. The van der Waals surface area contributed by atoms with Crippen LogP contribution in [0, 0.1) is 0 Å². The minimum atomic E-state index is 0.665. The van der Waals surface area contributed by atoms with Gasteiger partial charge in [0.2, 0.25) is 0 Å². The van der Waals surface area contributed by atoms with Crippen molar-refractivity contribution >= 4 is 0 Å². The third-order valence-corrected chi connectivity index (χ3v) is 2.46. The highest BCUT2D eigenvalue weighted by molar-refractivity contribution is 4.65. The summed E-state index contributed by atoms with van der Waals surface area (Å²) in [5, 5.41) is 3.52. The Kier molecular flexibility index (Phi) is 10.9. The van der Waals surface area contributed by atoms with Gasteiger partial charge < -0.3 is 10.1 Å². The molecule has 0 rings (SSSR count). The summed E-state index contributed by atoms with van der Waals surface area (Å²) in [6.07, 6.45) is 6.47. The molecule has 1 N–H and O–H groups in total. The van der Waals surface area contributed by atoms with Gasteiger partial charge in [-0.1, -0.05) is 33.1 Å². The molecule has 0 spiro atoms. The summed E-state index contributed by atoms with van der Waals surface area (Å²) in [7, 11) is 0. The normalized spacial score (nSPS) is 13.1. The molecule has 0 aromatic carbocycles. The van der Waals surface area contributed by atoms with Crippen LogP contribution >= 0.6 is 0 Å². The van der Waals surface area contributed by atoms with Crippen LogP contribution in [-0.2, 0) is 4.74 Å². The van der Waals surface area contributed by atoms with Crippen molar-refractivity contribution in [3.63, 3.8) is 0 Å². The van der Waals surface area contributed by atoms with E-state index in [0.717, 1.165) is 26.2 Å². The molecule has 0 aliphatic carbocycles. The second kappa shape index (κ2) is 11.0. The average molecular weight is 201 g/mol. The van der Waals surface area contributed by atoms with E-state index in [1.807, 2.05) is 0 Å². The molecular weight excluding hydrogens is 174 g/mol. The van der Waals surface area contributed by atoms with Gasteiger partial charge in [-0.25, -0.2) is 0 Å². The highest BCUT2D eigenvalue weighted by atomic mass is 16.5. The standard InChI is InChI=1S/C12H27NO/c1-4-7-8-9-12(13-5-2)10-11-14-6-3/h12-13H,4-11H2,1-3H3. The van der Waals surface area contributed by atoms with E-state index in [-0.39, 0.29) is 0 Å². The van der Waals surface area contributed by atoms with E-state index in [2.05, 4.69) is 26.1 Å². The van der Waals surface area contributed by atoms with Gasteiger partial charge in [0.15, 0.2) is 0 Å². The van der Waals surface area contributed by atoms with E-state index in [0.29, 0.717) is 6.04 Å². The lowest BCUT2D eigenvalue weighted by molar-refractivity contribution is 0.135. The maximum absolute atomic E-state index is 5.38. The van der Waals surface area contributed by atoms with Crippen LogP contribution in [0.2, 0.25) is 0 Å². The molecule has 2 heteroatoms. The maximum Gasteiger partial charge on any atom is 0.0480 e. The van der Waals surface area contributed by atoms with Gasteiger partial charge in [-0.2, -0.15) is 0 Å². The van der Waals surface area contributed by atoms with Crippen LogP contribution in [0.25, 0.3) is 0 Å². The van der Waals surface area contributed by atoms with E-state index in [1.54, 1.807) is 0 Å². The SMILES string of the molecule is CCCCCC(CCOCC)NCC. The van der Waals surface area contributed by atoms with Crippen molar-refractivity contribution in [3.05, 3.63) is 0 Å². The first-order chi connectivity index (χ1) is 6.85. The molecule has 0 aliphatic rings. The van der Waals surface area contributed by atoms with Gasteiger partial charge in [-0.3, -0.25) is 0 Å². The molecule has 1 unspecified atom stereocenters. The van der Waals surface area contributed by atoms with Gasteiger partial charge in [0.05, 0.1) is 0 Å². The van der Waals surface area contributed by atoms with Gasteiger partial charge >= 0.3 is 0 Å². The zero-order chi connectivity index (χ0) is 10.6. The van der Waals surface area contributed by atoms with Crippen LogP contribution in [0.5, 0.6) is 0 Å². The van der Waals surface area contributed by atoms with Crippen LogP contribution < -0.4 is 5.32 Å². The van der Waals surface area contributed by atoms with Gasteiger partial charge in [0.25, 0.3) is 0 Å². The number of hydrogen-bond acceptors (Lipinski definition) is 2. The summed E-state index contributed by atoms with van der Waals surface area (Å²) < 4.78 is 5.38. The molecule has 0 aromatic rings. The highest BCUT2D eigenvalue weighted by Gasteiger charge is 2.05. The maximum atomic E-state index is 5.38. The first-order valence-corrected chi connectivity index (χ1v) is 6.16. The fraction of sp³-hybridized carbons (Fsp3) is 1.00. The predicted octanol–water partition coefficient (Wildman–Crippen LogP) is 2.97. The number of hydrogen-bond donors (Lipinski definition) is 1. The Labute approximate surface area is 89.4 Å². The van der Waals surface area contributed by atoms with Crippen molar-refractivity contribution in [1.29, 1.82) is 0 Å². The third kappa shape index (κ3) is 8.52. The minimum absolute atomic E-state index is 0.665. The van der Waals surface area contributed by atoms with Crippen LogP contribution in [-0.4, -0.2) is 25.8 Å². The Bertz CT molecular complexity index is 96.5. The summed E-state index contributed by atoms with van der Waals surface area (Å²) in [6.45, 7) is 9.30. The van der Waals surface area contributed by atoms with Crippen molar-refractivity contribution in [2.75, 3.05) is 19.8 Å². The van der Waals surface area contributed by atoms with E-state index in [4.69, 9.17) is 4.74 Å². The molecule has 0 amide bonds. The minimum Gasteiger partial charge on any atom is -0.382 e. The fourth-order valence-corrected chi connectivity index (χ4v) is 1.65. The summed E-state index contributed by atoms with van der Waals surface area (Å²) in [4.78, 5) is 0. The topological polar surface area (TPSA) is 21.3 Å². The number of ether oxygens (including phenoxy) is 1. The van der Waals surface area contributed by atoms with Gasteiger partial charge in [-0.05, 0) is 26.3 Å². The molecule has 0 heterocycles. The van der Waals surface area contributed by atoms with E-state index < -0.39 is 0 Å². The van der Waals surface area contributed by atoms with Crippen molar-refractivity contribution in [3.8, 4) is 0 Å². The molecule has 86 valence electrons. The van der Waals surface area contributed by atoms with Crippen LogP contribution in [0.1, 0.15) is 52.9 Å². The van der Waals surface area contributed by atoms with Crippen LogP contribution in [0.4, 0.5) is 0 Å². The summed E-state index contributed by atoms with van der Waals surface area (Å²) >= 11 is 0. The van der Waals surface area contributed by atoms with Gasteiger partial charge in [-0.15, -0.1) is 0 Å². The molecule has 1 atom stereocenters. The first-order valence-electron chi connectivity index (χ1n) is 6.16. The lowest BCUT2D eigenvalue weighted by Crippen LogP contribution is -2.30. The van der Waals surface area contributed by atoms with Crippen molar-refractivity contribution in [2.45, 2.75) is 58.9 Å². The quantitative estimate of drug-likeness (QED) is 0.549. The van der Waals surface area contributed by atoms with Crippen LogP contribution in [0.3, 0.4) is 0 Å². The fourth-order valence-electron chi connectivity index (χ4n) is 1.65. The molecule has 2 nitrogen and oxygen atoms in total. The molecular formula is C12H27NO. The zero-order valence-corrected chi connectivity index (χ0v) is 10.1. The summed E-state index contributed by atoms with van der Waals surface area (Å²) in [5.74, 6) is 0. The molecule has 0 fully saturated rings. The first kappa shape index (κ1) is 13.9. The number of rotatable bonds is 10.